The largest absolute Gasteiger partial charge is 0.312 e. The fourth-order valence-electron chi connectivity index (χ4n) is 3.04. The van der Waals surface area contributed by atoms with Crippen molar-refractivity contribution >= 4 is 0 Å². The van der Waals surface area contributed by atoms with Crippen molar-refractivity contribution in [2.75, 3.05) is 19.6 Å². The van der Waals surface area contributed by atoms with E-state index in [1.54, 1.807) is 0 Å². The van der Waals surface area contributed by atoms with Crippen molar-refractivity contribution in [1.82, 2.24) is 10.2 Å². The van der Waals surface area contributed by atoms with Gasteiger partial charge in [0.25, 0.3) is 0 Å². The van der Waals surface area contributed by atoms with E-state index in [1.165, 1.54) is 45.3 Å². The molecule has 1 N–H and O–H groups in total. The molecule has 0 bridgehead atoms. The molecule has 0 spiro atoms. The van der Waals surface area contributed by atoms with E-state index in [4.69, 9.17) is 0 Å². The van der Waals surface area contributed by atoms with Crippen molar-refractivity contribution < 1.29 is 0 Å². The van der Waals surface area contributed by atoms with Crippen LogP contribution in [0.25, 0.3) is 0 Å². The Morgan fingerprint density at radius 3 is 3.00 bits per heavy atom. The molecule has 3 unspecified atom stereocenters. The fourth-order valence-corrected chi connectivity index (χ4v) is 3.04. The molecule has 0 aromatic rings. The van der Waals surface area contributed by atoms with Gasteiger partial charge in [0.05, 0.1) is 0 Å². The average molecular weight is 196 g/mol. The predicted octanol–water partition coefficient (Wildman–Crippen LogP) is 1.86. The van der Waals surface area contributed by atoms with Crippen molar-refractivity contribution in [2.24, 2.45) is 5.92 Å². The zero-order valence-corrected chi connectivity index (χ0v) is 9.63. The fraction of sp³-hybridized carbons (Fsp3) is 1.00. The molecule has 2 aliphatic heterocycles. The SMILES string of the molecule is CCCC(C)N1CC2CCCNC2C1. The zero-order chi connectivity index (χ0) is 9.97. The molecule has 2 fully saturated rings. The molecule has 14 heavy (non-hydrogen) atoms. The summed E-state index contributed by atoms with van der Waals surface area (Å²) in [5.41, 5.74) is 0. The molecule has 0 saturated carbocycles. The number of hydrogen-bond acceptors (Lipinski definition) is 2. The summed E-state index contributed by atoms with van der Waals surface area (Å²) in [6.07, 6.45) is 5.52. The van der Waals surface area contributed by atoms with Gasteiger partial charge in [0.2, 0.25) is 0 Å². The molecule has 0 radical (unpaired) electrons. The normalized spacial score (nSPS) is 35.6. The number of fused-ring (bicyclic) bond motifs is 1. The van der Waals surface area contributed by atoms with Gasteiger partial charge in [-0.05, 0) is 38.6 Å². The van der Waals surface area contributed by atoms with Crippen LogP contribution in [-0.4, -0.2) is 36.6 Å². The lowest BCUT2D eigenvalue weighted by Gasteiger charge is -2.25. The van der Waals surface area contributed by atoms with Crippen LogP contribution in [0.15, 0.2) is 0 Å². The maximum atomic E-state index is 3.67. The quantitative estimate of drug-likeness (QED) is 0.741. The Bertz CT molecular complexity index is 167. The number of nitrogens with zero attached hydrogens (tertiary/aromatic N) is 1. The molecule has 82 valence electrons. The lowest BCUT2D eigenvalue weighted by atomic mass is 9.94. The van der Waals surface area contributed by atoms with Gasteiger partial charge in [0.1, 0.15) is 0 Å². The minimum absolute atomic E-state index is 0.799. The Hall–Kier alpha value is -0.0800. The first kappa shape index (κ1) is 10.4. The van der Waals surface area contributed by atoms with E-state index in [-0.39, 0.29) is 0 Å². The summed E-state index contributed by atoms with van der Waals surface area (Å²) in [5.74, 6) is 0.947. The van der Waals surface area contributed by atoms with Crippen molar-refractivity contribution in [3.8, 4) is 0 Å². The molecule has 2 nitrogen and oxygen atoms in total. The summed E-state index contributed by atoms with van der Waals surface area (Å²) >= 11 is 0. The highest BCUT2D eigenvalue weighted by Gasteiger charge is 2.35. The Morgan fingerprint density at radius 2 is 2.29 bits per heavy atom. The van der Waals surface area contributed by atoms with E-state index >= 15 is 0 Å². The maximum absolute atomic E-state index is 3.67. The summed E-state index contributed by atoms with van der Waals surface area (Å²) in [5, 5.41) is 3.67. The van der Waals surface area contributed by atoms with Gasteiger partial charge in [-0.1, -0.05) is 13.3 Å². The van der Waals surface area contributed by atoms with E-state index < -0.39 is 0 Å². The molecule has 2 heteroatoms. The summed E-state index contributed by atoms with van der Waals surface area (Å²) in [6, 6.07) is 1.61. The third kappa shape index (κ3) is 2.12. The number of piperidine rings is 1. The smallest absolute Gasteiger partial charge is 0.0235 e. The van der Waals surface area contributed by atoms with Gasteiger partial charge in [-0.3, -0.25) is 4.90 Å². The van der Waals surface area contributed by atoms with Crippen LogP contribution in [0.2, 0.25) is 0 Å². The number of hydrogen-bond donors (Lipinski definition) is 1. The second-order valence-corrected chi connectivity index (χ2v) is 5.05. The van der Waals surface area contributed by atoms with Crippen LogP contribution in [0.3, 0.4) is 0 Å². The highest BCUT2D eigenvalue weighted by atomic mass is 15.2. The van der Waals surface area contributed by atoms with Crippen LogP contribution in [-0.2, 0) is 0 Å². The standard InChI is InChI=1S/C12H24N2/c1-3-5-10(2)14-8-11-6-4-7-13-12(11)9-14/h10-13H,3-9H2,1-2H3. The van der Waals surface area contributed by atoms with Crippen LogP contribution in [0, 0.1) is 5.92 Å². The Kier molecular flexibility index (Phi) is 3.45. The van der Waals surface area contributed by atoms with Crippen molar-refractivity contribution in [3.63, 3.8) is 0 Å². The van der Waals surface area contributed by atoms with Crippen LogP contribution in [0.5, 0.6) is 0 Å². The summed E-state index contributed by atoms with van der Waals surface area (Å²) in [6.45, 7) is 8.57. The van der Waals surface area contributed by atoms with Gasteiger partial charge in [-0.2, -0.15) is 0 Å². The molecule has 2 heterocycles. The Morgan fingerprint density at radius 1 is 1.43 bits per heavy atom. The van der Waals surface area contributed by atoms with Crippen LogP contribution in [0.4, 0.5) is 0 Å². The molecule has 0 aromatic carbocycles. The summed E-state index contributed by atoms with van der Waals surface area (Å²) in [4.78, 5) is 2.69. The average Bonchev–Trinajstić information content (AvgIpc) is 2.61. The molecule has 2 saturated heterocycles. The van der Waals surface area contributed by atoms with Gasteiger partial charge in [-0.25, -0.2) is 0 Å². The topological polar surface area (TPSA) is 15.3 Å². The van der Waals surface area contributed by atoms with Gasteiger partial charge in [-0.15, -0.1) is 0 Å². The molecule has 3 atom stereocenters. The number of likely N-dealkylation sites (tertiary alicyclic amines) is 1. The lowest BCUT2D eigenvalue weighted by molar-refractivity contribution is 0.235. The lowest BCUT2D eigenvalue weighted by Crippen LogP contribution is -2.41. The van der Waals surface area contributed by atoms with Crippen molar-refractivity contribution in [2.45, 2.75) is 51.6 Å². The molecule has 2 rings (SSSR count). The first-order valence-electron chi connectivity index (χ1n) is 6.28. The Balaban J connectivity index is 1.86. The van der Waals surface area contributed by atoms with Crippen LogP contribution < -0.4 is 5.32 Å². The van der Waals surface area contributed by atoms with E-state index in [9.17, 15) is 0 Å². The van der Waals surface area contributed by atoms with E-state index in [2.05, 4.69) is 24.1 Å². The summed E-state index contributed by atoms with van der Waals surface area (Å²) < 4.78 is 0. The van der Waals surface area contributed by atoms with E-state index in [0.717, 1.165) is 18.0 Å². The monoisotopic (exact) mass is 196 g/mol. The first-order chi connectivity index (χ1) is 6.81. The Labute approximate surface area is 88.1 Å². The molecular weight excluding hydrogens is 172 g/mol. The third-order valence-electron chi connectivity index (χ3n) is 3.96. The second kappa shape index (κ2) is 4.63. The van der Waals surface area contributed by atoms with Gasteiger partial charge >= 0.3 is 0 Å². The highest BCUT2D eigenvalue weighted by molar-refractivity contribution is 4.93. The minimum atomic E-state index is 0.799. The molecule has 0 aliphatic carbocycles. The van der Waals surface area contributed by atoms with E-state index in [0.29, 0.717) is 0 Å². The number of rotatable bonds is 3. The van der Waals surface area contributed by atoms with Crippen molar-refractivity contribution in [1.29, 1.82) is 0 Å². The third-order valence-corrected chi connectivity index (χ3v) is 3.96. The second-order valence-electron chi connectivity index (χ2n) is 5.05. The first-order valence-corrected chi connectivity index (χ1v) is 6.28. The summed E-state index contributed by atoms with van der Waals surface area (Å²) in [7, 11) is 0. The van der Waals surface area contributed by atoms with E-state index in [1.807, 2.05) is 0 Å². The van der Waals surface area contributed by atoms with Crippen LogP contribution in [0.1, 0.15) is 39.5 Å². The molecule has 0 aromatic heterocycles. The van der Waals surface area contributed by atoms with Gasteiger partial charge in [0.15, 0.2) is 0 Å². The van der Waals surface area contributed by atoms with Gasteiger partial charge in [0, 0.05) is 25.2 Å². The van der Waals surface area contributed by atoms with Crippen LogP contribution >= 0.6 is 0 Å². The maximum Gasteiger partial charge on any atom is 0.0235 e. The van der Waals surface area contributed by atoms with Crippen molar-refractivity contribution in [3.05, 3.63) is 0 Å². The predicted molar refractivity (Wildman–Crippen MR) is 60.5 cm³/mol. The minimum Gasteiger partial charge on any atom is -0.312 e. The number of nitrogens with one attached hydrogen (secondary N) is 1. The molecular formula is C12H24N2. The molecule has 0 amide bonds. The zero-order valence-electron chi connectivity index (χ0n) is 9.63. The highest BCUT2D eigenvalue weighted by Crippen LogP contribution is 2.26. The van der Waals surface area contributed by atoms with Gasteiger partial charge < -0.3 is 5.32 Å². The molecule has 2 aliphatic rings.